The van der Waals surface area contributed by atoms with Gasteiger partial charge in [0.25, 0.3) is 0 Å². The van der Waals surface area contributed by atoms with Gasteiger partial charge in [0.15, 0.2) is 0 Å². The minimum Gasteiger partial charge on any atom is -0.353 e. The largest absolute Gasteiger partial charge is 0.353 e. The normalized spacial score (nSPS) is 30.6. The van der Waals surface area contributed by atoms with Crippen LogP contribution in [-0.4, -0.2) is 64.2 Å². The van der Waals surface area contributed by atoms with Gasteiger partial charge in [-0.15, -0.1) is 0 Å². The third kappa shape index (κ3) is 6.62. The molecular weight excluding hydrogens is 440 g/mol. The van der Waals surface area contributed by atoms with Gasteiger partial charge in [-0.3, -0.25) is 19.4 Å². The number of amides is 3. The van der Waals surface area contributed by atoms with Crippen molar-refractivity contribution in [2.45, 2.75) is 84.2 Å². The van der Waals surface area contributed by atoms with Crippen LogP contribution >= 0.6 is 0 Å². The van der Waals surface area contributed by atoms with Crippen LogP contribution in [0.5, 0.6) is 0 Å². The molecule has 0 aromatic carbocycles. The standard InChI is InChI=1S/C28H42N4O3/c1-19(2)24-10-9-20(3)12-28(35)32-17-22-13-23(25(32)7-4-8-26(33)30-24)18-31(16-22)27(34)14-21-6-5-11-29-15-21/h5-6,11,15,19-20,22-25H,4,7-10,12-14,16-18H2,1-3H3,(H,30,33)/t20-,22+,23-,24+,25+/m1/s1. The molecule has 1 aromatic rings. The van der Waals surface area contributed by atoms with E-state index in [4.69, 9.17) is 0 Å². The van der Waals surface area contributed by atoms with Crippen molar-refractivity contribution in [1.29, 1.82) is 0 Å². The van der Waals surface area contributed by atoms with Gasteiger partial charge in [0.2, 0.25) is 17.7 Å². The first kappa shape index (κ1) is 25.6. The van der Waals surface area contributed by atoms with Gasteiger partial charge in [0.05, 0.1) is 6.42 Å². The number of nitrogens with zero attached hydrogens (tertiary/aromatic N) is 3. The Morgan fingerprint density at radius 2 is 2.00 bits per heavy atom. The fourth-order valence-corrected chi connectivity index (χ4v) is 6.30. The molecule has 35 heavy (non-hydrogen) atoms. The van der Waals surface area contributed by atoms with E-state index in [1.54, 1.807) is 12.4 Å². The number of piperidine rings is 2. The van der Waals surface area contributed by atoms with Crippen molar-refractivity contribution < 1.29 is 14.4 Å². The summed E-state index contributed by atoms with van der Waals surface area (Å²) in [5.74, 6) is 1.80. The third-order valence-corrected chi connectivity index (χ3v) is 8.27. The summed E-state index contributed by atoms with van der Waals surface area (Å²) in [6, 6.07) is 4.09. The maximum atomic E-state index is 13.5. The van der Waals surface area contributed by atoms with E-state index in [0.29, 0.717) is 43.6 Å². The lowest BCUT2D eigenvalue weighted by Crippen LogP contribution is -2.60. The number of hydrogen-bond acceptors (Lipinski definition) is 4. The van der Waals surface area contributed by atoms with Crippen LogP contribution in [-0.2, 0) is 20.8 Å². The molecule has 0 aliphatic carbocycles. The number of pyridine rings is 1. The second-order valence-corrected chi connectivity index (χ2v) is 11.5. The van der Waals surface area contributed by atoms with Crippen molar-refractivity contribution in [2.24, 2.45) is 23.7 Å². The van der Waals surface area contributed by atoms with E-state index in [9.17, 15) is 14.4 Å². The lowest BCUT2D eigenvalue weighted by molar-refractivity contribution is -0.146. The number of aromatic nitrogens is 1. The first-order chi connectivity index (χ1) is 16.8. The highest BCUT2D eigenvalue weighted by Crippen LogP contribution is 2.36. The summed E-state index contributed by atoms with van der Waals surface area (Å²) in [4.78, 5) is 47.6. The summed E-state index contributed by atoms with van der Waals surface area (Å²) in [6.07, 6.45) is 9.42. The number of hydrogen-bond donors (Lipinski definition) is 1. The van der Waals surface area contributed by atoms with E-state index < -0.39 is 0 Å². The lowest BCUT2D eigenvalue weighted by atomic mass is 9.77. The average molecular weight is 483 g/mol. The number of rotatable bonds is 3. The molecule has 7 heteroatoms. The molecule has 192 valence electrons. The molecule has 4 rings (SSSR count). The topological polar surface area (TPSA) is 82.6 Å². The van der Waals surface area contributed by atoms with Gasteiger partial charge in [-0.2, -0.15) is 0 Å². The highest BCUT2D eigenvalue weighted by molar-refractivity contribution is 5.79. The summed E-state index contributed by atoms with van der Waals surface area (Å²) >= 11 is 0. The SMILES string of the molecule is CC(C)[C@@H]1CC[C@@H](C)CC(=O)N2C[C@H]3C[C@H](CN(C(=O)Cc4cccnc4)C3)[C@@H]2CCCC(=O)N1. The fraction of sp³-hybridized carbons (Fsp3) is 0.714. The summed E-state index contributed by atoms with van der Waals surface area (Å²) in [7, 11) is 0. The molecule has 3 saturated heterocycles. The van der Waals surface area contributed by atoms with E-state index in [-0.39, 0.29) is 35.7 Å². The predicted octanol–water partition coefficient (Wildman–Crippen LogP) is 3.43. The Hall–Kier alpha value is -2.44. The average Bonchev–Trinajstić information content (AvgIpc) is 2.83. The maximum absolute atomic E-state index is 13.5. The Morgan fingerprint density at radius 1 is 1.17 bits per heavy atom. The second kappa shape index (κ2) is 11.5. The number of fused-ring (bicyclic) bond motifs is 4. The summed E-state index contributed by atoms with van der Waals surface area (Å²) in [5.41, 5.74) is 0.937. The minimum absolute atomic E-state index is 0.106. The Balaban J connectivity index is 1.47. The highest BCUT2D eigenvalue weighted by Gasteiger charge is 2.43. The van der Waals surface area contributed by atoms with Gasteiger partial charge >= 0.3 is 0 Å². The minimum atomic E-state index is 0.106. The number of carbonyl (C=O) groups excluding carboxylic acids is 3. The van der Waals surface area contributed by atoms with Crippen LogP contribution in [0.4, 0.5) is 0 Å². The van der Waals surface area contributed by atoms with Crippen molar-refractivity contribution in [2.75, 3.05) is 19.6 Å². The van der Waals surface area contributed by atoms with E-state index in [1.807, 2.05) is 17.0 Å². The number of likely N-dealkylation sites (tertiary alicyclic amines) is 1. The lowest BCUT2D eigenvalue weighted by Gasteiger charge is -2.51. The van der Waals surface area contributed by atoms with Crippen LogP contribution in [0.25, 0.3) is 0 Å². The van der Waals surface area contributed by atoms with Crippen molar-refractivity contribution in [3.05, 3.63) is 30.1 Å². The molecular formula is C28H42N4O3. The van der Waals surface area contributed by atoms with Crippen LogP contribution in [0.1, 0.15) is 71.3 Å². The zero-order valence-corrected chi connectivity index (χ0v) is 21.6. The summed E-state index contributed by atoms with van der Waals surface area (Å²) < 4.78 is 0. The smallest absolute Gasteiger partial charge is 0.227 e. The molecule has 3 aliphatic heterocycles. The van der Waals surface area contributed by atoms with Gasteiger partial charge in [-0.25, -0.2) is 0 Å². The van der Waals surface area contributed by atoms with E-state index in [1.165, 1.54) is 0 Å². The molecule has 4 heterocycles. The molecule has 3 aliphatic rings. The van der Waals surface area contributed by atoms with Gasteiger partial charge in [-0.05, 0) is 67.4 Å². The number of nitrogens with one attached hydrogen (secondary N) is 1. The van der Waals surface area contributed by atoms with E-state index in [0.717, 1.165) is 50.8 Å². The molecule has 5 atom stereocenters. The van der Waals surface area contributed by atoms with Crippen molar-refractivity contribution in [1.82, 2.24) is 20.1 Å². The van der Waals surface area contributed by atoms with Gasteiger partial charge < -0.3 is 15.1 Å². The third-order valence-electron chi connectivity index (χ3n) is 8.27. The maximum Gasteiger partial charge on any atom is 0.227 e. The predicted molar refractivity (Wildman–Crippen MR) is 135 cm³/mol. The molecule has 0 saturated carbocycles. The number of carbonyl (C=O) groups is 3. The first-order valence-corrected chi connectivity index (χ1v) is 13.6. The molecule has 1 N–H and O–H groups in total. The van der Waals surface area contributed by atoms with Crippen LogP contribution in [0.2, 0.25) is 0 Å². The van der Waals surface area contributed by atoms with Crippen molar-refractivity contribution >= 4 is 17.7 Å². The first-order valence-electron chi connectivity index (χ1n) is 13.6. The quantitative estimate of drug-likeness (QED) is 0.716. The molecule has 0 radical (unpaired) electrons. The highest BCUT2D eigenvalue weighted by atomic mass is 16.2. The molecule has 3 fully saturated rings. The van der Waals surface area contributed by atoms with E-state index >= 15 is 0 Å². The molecule has 0 spiro atoms. The molecule has 1 aromatic heterocycles. The fourth-order valence-electron chi connectivity index (χ4n) is 6.30. The van der Waals surface area contributed by atoms with E-state index in [2.05, 4.69) is 36.0 Å². The monoisotopic (exact) mass is 482 g/mol. The van der Waals surface area contributed by atoms with Crippen LogP contribution < -0.4 is 5.32 Å². The Morgan fingerprint density at radius 3 is 2.74 bits per heavy atom. The van der Waals surface area contributed by atoms with Crippen molar-refractivity contribution in [3.8, 4) is 0 Å². The van der Waals surface area contributed by atoms with Crippen LogP contribution in [0.15, 0.2) is 24.5 Å². The molecule has 3 amide bonds. The van der Waals surface area contributed by atoms with Gasteiger partial charge in [0.1, 0.15) is 0 Å². The zero-order valence-electron chi connectivity index (χ0n) is 21.6. The Kier molecular flexibility index (Phi) is 8.45. The molecule has 7 nitrogen and oxygen atoms in total. The molecule has 2 bridgehead atoms. The Bertz CT molecular complexity index is 889. The van der Waals surface area contributed by atoms with Crippen LogP contribution in [0.3, 0.4) is 0 Å². The Labute approximate surface area is 210 Å². The van der Waals surface area contributed by atoms with Gasteiger partial charge in [-0.1, -0.05) is 26.8 Å². The summed E-state index contributed by atoms with van der Waals surface area (Å²) in [6.45, 7) is 8.61. The zero-order chi connectivity index (χ0) is 24.9. The molecule has 0 unspecified atom stereocenters. The van der Waals surface area contributed by atoms with Crippen LogP contribution in [0, 0.1) is 23.7 Å². The second-order valence-electron chi connectivity index (χ2n) is 11.5. The van der Waals surface area contributed by atoms with Crippen molar-refractivity contribution in [3.63, 3.8) is 0 Å². The van der Waals surface area contributed by atoms with Gasteiger partial charge in [0, 0.05) is 57.0 Å². The summed E-state index contributed by atoms with van der Waals surface area (Å²) in [5, 5.41) is 3.25.